The Morgan fingerprint density at radius 2 is 1.85 bits per heavy atom. The zero-order chi connectivity index (χ0) is 23.8. The quantitative estimate of drug-likeness (QED) is 0.369. The van der Waals surface area contributed by atoms with Crippen molar-refractivity contribution in [1.29, 1.82) is 0 Å². The third-order valence-electron chi connectivity index (χ3n) is 4.65. The van der Waals surface area contributed by atoms with Crippen LogP contribution in [0, 0.1) is 18.6 Å². The topological polar surface area (TPSA) is 141 Å². The highest BCUT2D eigenvalue weighted by molar-refractivity contribution is 5.90. The molecule has 1 amide bonds. The van der Waals surface area contributed by atoms with Crippen LogP contribution < -0.4 is 16.4 Å². The maximum absolute atomic E-state index is 13.4. The van der Waals surface area contributed by atoms with Crippen molar-refractivity contribution in [2.45, 2.75) is 6.92 Å². The highest BCUT2D eigenvalue weighted by Gasteiger charge is 2.19. The Labute approximate surface area is 190 Å². The molecule has 0 aliphatic rings. The van der Waals surface area contributed by atoms with E-state index in [9.17, 15) is 13.6 Å². The number of nitrogens with zero attached hydrogens (tertiary/aromatic N) is 7. The molecule has 0 bridgehead atoms. The van der Waals surface area contributed by atoms with E-state index in [2.05, 4.69) is 35.8 Å². The Morgan fingerprint density at radius 3 is 2.62 bits per heavy atom. The average molecular weight is 462 g/mol. The van der Waals surface area contributed by atoms with Crippen molar-refractivity contribution in [2.24, 2.45) is 0 Å². The second-order valence-electron chi connectivity index (χ2n) is 7.19. The van der Waals surface area contributed by atoms with Crippen LogP contribution in [0.1, 0.15) is 5.82 Å². The first kappa shape index (κ1) is 20.9. The van der Waals surface area contributed by atoms with Gasteiger partial charge in [-0.2, -0.15) is 9.78 Å². The van der Waals surface area contributed by atoms with Crippen LogP contribution in [-0.4, -0.2) is 40.4 Å². The second kappa shape index (κ2) is 8.20. The standard InChI is InChI=1S/C21H16F2N10O/c1-11-26-15(10-16(24)27-11)19-20(30-18-3-2-5-25-33(18)19)29-17-4-6-32(31-17)21(34)28-14-8-12(22)7-13(23)9-14/h2-10H,1H3,(H,28,34)(H,29,31)(H2,24,26,27). The summed E-state index contributed by atoms with van der Waals surface area (Å²) in [5.74, 6) is -0.216. The van der Waals surface area contributed by atoms with E-state index in [0.29, 0.717) is 34.7 Å². The Hall–Kier alpha value is -4.94. The van der Waals surface area contributed by atoms with Crippen molar-refractivity contribution in [2.75, 3.05) is 16.4 Å². The number of hydrogen-bond donors (Lipinski definition) is 3. The molecule has 5 aromatic rings. The van der Waals surface area contributed by atoms with Gasteiger partial charge in [0.25, 0.3) is 0 Å². The summed E-state index contributed by atoms with van der Waals surface area (Å²) in [4.78, 5) is 25.5. The summed E-state index contributed by atoms with van der Waals surface area (Å²) in [6.07, 6.45) is 2.99. The number of aromatic nitrogens is 7. The number of rotatable bonds is 4. The number of nitrogens with two attached hydrogens (primary N) is 1. The van der Waals surface area contributed by atoms with E-state index in [1.54, 1.807) is 35.8 Å². The van der Waals surface area contributed by atoms with Gasteiger partial charge in [0.1, 0.15) is 29.0 Å². The number of hydrogen-bond acceptors (Lipinski definition) is 8. The van der Waals surface area contributed by atoms with Crippen LogP contribution in [0.3, 0.4) is 0 Å². The van der Waals surface area contributed by atoms with Gasteiger partial charge >= 0.3 is 6.03 Å². The van der Waals surface area contributed by atoms with E-state index >= 15 is 0 Å². The van der Waals surface area contributed by atoms with Gasteiger partial charge in [-0.05, 0) is 31.2 Å². The van der Waals surface area contributed by atoms with E-state index in [4.69, 9.17) is 5.73 Å². The molecule has 4 heterocycles. The minimum atomic E-state index is -0.813. The lowest BCUT2D eigenvalue weighted by Gasteiger charge is -2.07. The van der Waals surface area contributed by atoms with E-state index in [1.165, 1.54) is 12.3 Å². The molecule has 0 saturated heterocycles. The maximum Gasteiger partial charge on any atom is 0.346 e. The molecule has 0 saturated carbocycles. The van der Waals surface area contributed by atoms with Crippen LogP contribution in [0.15, 0.2) is 54.9 Å². The summed E-state index contributed by atoms with van der Waals surface area (Å²) >= 11 is 0. The van der Waals surface area contributed by atoms with Gasteiger partial charge in [-0.1, -0.05) is 0 Å². The smallest absolute Gasteiger partial charge is 0.346 e. The molecule has 0 fully saturated rings. The number of carbonyl (C=O) groups is 1. The van der Waals surface area contributed by atoms with E-state index in [0.717, 1.165) is 16.8 Å². The molecular weight excluding hydrogens is 446 g/mol. The molecule has 11 nitrogen and oxygen atoms in total. The van der Waals surface area contributed by atoms with Crippen molar-refractivity contribution in [3.05, 3.63) is 72.3 Å². The molecule has 13 heteroatoms. The minimum Gasteiger partial charge on any atom is -0.384 e. The van der Waals surface area contributed by atoms with Crippen molar-refractivity contribution >= 4 is 34.8 Å². The van der Waals surface area contributed by atoms with Gasteiger partial charge in [-0.3, -0.25) is 0 Å². The fourth-order valence-electron chi connectivity index (χ4n) is 3.35. The first-order valence-corrected chi connectivity index (χ1v) is 9.91. The molecule has 5 rings (SSSR count). The van der Waals surface area contributed by atoms with Gasteiger partial charge in [-0.15, -0.1) is 5.10 Å². The van der Waals surface area contributed by atoms with E-state index in [1.807, 2.05) is 0 Å². The summed E-state index contributed by atoms with van der Waals surface area (Å²) in [5.41, 5.74) is 7.41. The lowest BCUT2D eigenvalue weighted by Crippen LogP contribution is -2.20. The molecule has 0 atom stereocenters. The molecule has 0 radical (unpaired) electrons. The lowest BCUT2D eigenvalue weighted by atomic mass is 10.3. The normalized spacial score (nSPS) is 11.0. The SMILES string of the molecule is Cc1nc(N)cc(-c2c(Nc3ccn(C(=O)Nc4cc(F)cc(F)c4)n3)nc3cccnn23)n1. The highest BCUT2D eigenvalue weighted by atomic mass is 19.1. The molecule has 170 valence electrons. The van der Waals surface area contributed by atoms with Gasteiger partial charge in [0.15, 0.2) is 17.3 Å². The molecule has 0 spiro atoms. The highest BCUT2D eigenvalue weighted by Crippen LogP contribution is 2.29. The number of fused-ring (bicyclic) bond motifs is 1. The van der Waals surface area contributed by atoms with Gasteiger partial charge in [0, 0.05) is 36.3 Å². The number of aryl methyl sites for hydroxylation is 1. The predicted molar refractivity (Wildman–Crippen MR) is 119 cm³/mol. The summed E-state index contributed by atoms with van der Waals surface area (Å²) in [6.45, 7) is 1.72. The van der Waals surface area contributed by atoms with Crippen LogP contribution in [0.2, 0.25) is 0 Å². The van der Waals surface area contributed by atoms with E-state index in [-0.39, 0.29) is 17.3 Å². The van der Waals surface area contributed by atoms with Gasteiger partial charge < -0.3 is 16.4 Å². The molecular formula is C21H16F2N10O. The minimum absolute atomic E-state index is 0.0436. The zero-order valence-corrected chi connectivity index (χ0v) is 17.6. The maximum atomic E-state index is 13.4. The van der Waals surface area contributed by atoms with E-state index < -0.39 is 17.7 Å². The third-order valence-corrected chi connectivity index (χ3v) is 4.65. The zero-order valence-electron chi connectivity index (χ0n) is 17.6. The number of nitrogen functional groups attached to an aromatic ring is 1. The Bertz CT molecular complexity index is 1500. The van der Waals surface area contributed by atoms with Crippen molar-refractivity contribution in [3.63, 3.8) is 0 Å². The molecule has 4 N–H and O–H groups in total. The molecule has 1 aromatic carbocycles. The lowest BCUT2D eigenvalue weighted by molar-refractivity contribution is 0.251. The molecule has 0 aliphatic heterocycles. The van der Waals surface area contributed by atoms with Gasteiger partial charge in [-0.25, -0.2) is 33.0 Å². The van der Waals surface area contributed by atoms with Crippen LogP contribution in [0.5, 0.6) is 0 Å². The number of carbonyl (C=O) groups excluding carboxylic acids is 1. The first-order valence-electron chi connectivity index (χ1n) is 9.91. The van der Waals surface area contributed by atoms with Gasteiger partial charge in [0.2, 0.25) is 0 Å². The van der Waals surface area contributed by atoms with Gasteiger partial charge in [0.05, 0.1) is 5.69 Å². The summed E-state index contributed by atoms with van der Waals surface area (Å²) in [6, 6.07) is 8.62. The number of nitrogens with one attached hydrogen (secondary N) is 2. The van der Waals surface area contributed by atoms with Crippen LogP contribution in [-0.2, 0) is 0 Å². The molecule has 4 aromatic heterocycles. The molecule has 34 heavy (non-hydrogen) atoms. The third kappa shape index (κ3) is 4.09. The number of benzene rings is 1. The Morgan fingerprint density at radius 1 is 1.06 bits per heavy atom. The fraction of sp³-hybridized carbons (Fsp3) is 0.0476. The first-order chi connectivity index (χ1) is 16.4. The van der Waals surface area contributed by atoms with Crippen LogP contribution >= 0.6 is 0 Å². The fourth-order valence-corrected chi connectivity index (χ4v) is 3.35. The number of halogens is 2. The Kier molecular flexibility index (Phi) is 5.05. The predicted octanol–water partition coefficient (Wildman–Crippen LogP) is 3.38. The molecule has 0 unspecified atom stereocenters. The summed E-state index contributed by atoms with van der Waals surface area (Å²) in [7, 11) is 0. The number of amides is 1. The summed E-state index contributed by atoms with van der Waals surface area (Å²) in [5, 5.41) is 13.9. The van der Waals surface area contributed by atoms with Crippen LogP contribution in [0.4, 0.5) is 36.7 Å². The average Bonchev–Trinajstić information content (AvgIpc) is 3.37. The molecule has 0 aliphatic carbocycles. The Balaban J connectivity index is 1.46. The second-order valence-corrected chi connectivity index (χ2v) is 7.19. The van der Waals surface area contributed by atoms with Crippen molar-refractivity contribution in [1.82, 2.24) is 34.3 Å². The van der Waals surface area contributed by atoms with Crippen molar-refractivity contribution < 1.29 is 13.6 Å². The largest absolute Gasteiger partial charge is 0.384 e. The monoisotopic (exact) mass is 462 g/mol. The van der Waals surface area contributed by atoms with Crippen molar-refractivity contribution in [3.8, 4) is 11.4 Å². The number of imidazole rings is 1. The van der Waals surface area contributed by atoms with Crippen LogP contribution in [0.25, 0.3) is 17.0 Å². The summed E-state index contributed by atoms with van der Waals surface area (Å²) < 4.78 is 29.3. The number of anilines is 4.